The third-order valence-electron chi connectivity index (χ3n) is 7.26. The van der Waals surface area contributed by atoms with E-state index in [0.29, 0.717) is 48.0 Å². The summed E-state index contributed by atoms with van der Waals surface area (Å²) in [6.45, 7) is 2.03. The molecule has 5 N–H and O–H groups in total. The first-order chi connectivity index (χ1) is 19.4. The third-order valence-corrected chi connectivity index (χ3v) is 8.42. The fourth-order valence-electron chi connectivity index (χ4n) is 5.12. The van der Waals surface area contributed by atoms with Crippen LogP contribution in [-0.4, -0.2) is 71.2 Å². The highest BCUT2D eigenvalue weighted by Gasteiger charge is 2.32. The number of nitrogens with one attached hydrogen (secondary N) is 1. The number of amides is 1. The highest BCUT2D eigenvalue weighted by atomic mass is 32.1. The van der Waals surface area contributed by atoms with Crippen LogP contribution in [0.15, 0.2) is 43.0 Å². The molecule has 4 aromatic rings. The van der Waals surface area contributed by atoms with Crippen LogP contribution in [0.4, 0.5) is 17.2 Å². The van der Waals surface area contributed by atoms with E-state index in [0.717, 1.165) is 35.2 Å². The van der Waals surface area contributed by atoms with Crippen LogP contribution in [0.3, 0.4) is 0 Å². The van der Waals surface area contributed by atoms with E-state index >= 15 is 0 Å². The van der Waals surface area contributed by atoms with Crippen molar-refractivity contribution in [3.8, 4) is 5.75 Å². The fourth-order valence-corrected chi connectivity index (χ4v) is 6.39. The molecule has 3 aromatic heterocycles. The third kappa shape index (κ3) is 5.75. The molecule has 0 spiro atoms. The Bertz CT molecular complexity index is 1520. The van der Waals surface area contributed by atoms with Gasteiger partial charge in [-0.3, -0.25) is 15.2 Å². The number of hydrogen-bond acceptors (Lipinski definition) is 9. The van der Waals surface area contributed by atoms with Crippen molar-refractivity contribution in [2.75, 3.05) is 45.3 Å². The topological polar surface area (TPSA) is 135 Å². The number of ether oxygens (including phenoxy) is 1. The Balaban J connectivity index is 1.41. The molecule has 208 valence electrons. The maximum absolute atomic E-state index is 13.8. The number of aryl methyl sites for hydroxylation is 1. The highest BCUT2D eigenvalue weighted by Crippen LogP contribution is 2.42. The fraction of sp³-hybridized carbons (Fsp3) is 0.345. The second-order valence-electron chi connectivity index (χ2n) is 10.2. The number of carbonyl (C=O) groups excluding carboxylic acids is 1. The summed E-state index contributed by atoms with van der Waals surface area (Å²) in [5, 5.41) is 10.2. The van der Waals surface area contributed by atoms with Crippen LogP contribution in [0.2, 0.25) is 0 Å². The monoisotopic (exact) mass is 559 g/mol. The summed E-state index contributed by atoms with van der Waals surface area (Å²) in [6, 6.07) is 7.52. The van der Waals surface area contributed by atoms with E-state index in [1.165, 1.54) is 16.7 Å². The molecule has 5 rings (SSSR count). The molecule has 1 aliphatic carbocycles. The van der Waals surface area contributed by atoms with Gasteiger partial charge in [0.1, 0.15) is 22.7 Å². The van der Waals surface area contributed by atoms with Crippen molar-refractivity contribution in [2.45, 2.75) is 25.8 Å². The molecule has 1 amide bonds. The number of thiophene rings is 1. The average Bonchev–Trinajstić information content (AvgIpc) is 3.34. The number of carbonyl (C=O) groups is 1. The zero-order valence-electron chi connectivity index (χ0n) is 23.1. The van der Waals surface area contributed by atoms with Gasteiger partial charge >= 0.3 is 0 Å². The highest BCUT2D eigenvalue weighted by molar-refractivity contribution is 7.19. The number of rotatable bonds is 10. The van der Waals surface area contributed by atoms with Crippen molar-refractivity contribution >= 4 is 50.9 Å². The number of anilines is 3. The van der Waals surface area contributed by atoms with Crippen LogP contribution in [0, 0.1) is 5.92 Å². The summed E-state index contributed by atoms with van der Waals surface area (Å²) in [6.07, 6.45) is 8.86. The summed E-state index contributed by atoms with van der Waals surface area (Å²) in [5.41, 5.74) is 10.3. The second-order valence-corrected chi connectivity index (χ2v) is 11.3. The molecule has 0 saturated carbocycles. The number of likely N-dealkylation sites (N-methyl/N-ethyl adjacent to an activating group) is 1. The minimum Gasteiger partial charge on any atom is -0.494 e. The zero-order valence-corrected chi connectivity index (χ0v) is 23.9. The van der Waals surface area contributed by atoms with Gasteiger partial charge < -0.3 is 25.6 Å². The summed E-state index contributed by atoms with van der Waals surface area (Å²) >= 11 is 1.64. The lowest BCUT2D eigenvalue weighted by Gasteiger charge is -2.30. The van der Waals surface area contributed by atoms with Crippen LogP contribution in [-0.2, 0) is 24.2 Å². The predicted octanol–water partition coefficient (Wildman–Crippen LogP) is 2.29. The van der Waals surface area contributed by atoms with E-state index in [-0.39, 0.29) is 11.8 Å². The smallest absolute Gasteiger partial charge is 0.226 e. The van der Waals surface area contributed by atoms with Crippen molar-refractivity contribution in [3.63, 3.8) is 0 Å². The van der Waals surface area contributed by atoms with Gasteiger partial charge in [0.2, 0.25) is 5.91 Å². The molecule has 1 aromatic carbocycles. The minimum absolute atomic E-state index is 0.0800. The first-order valence-corrected chi connectivity index (χ1v) is 14.1. The maximum Gasteiger partial charge on any atom is 0.226 e. The summed E-state index contributed by atoms with van der Waals surface area (Å²) in [4.78, 5) is 33.4. The Kier molecular flexibility index (Phi) is 8.22. The SMILES string of the molecule is COc1cc(N)c(C=[NH2+])cc1Nc1ncnc2sc3c(c12)CC[C@H](C(=O)N(CCN(C)C)Cc1cccnc1)C3. The van der Waals surface area contributed by atoms with Crippen molar-refractivity contribution in [3.05, 3.63) is 64.6 Å². The Labute approximate surface area is 237 Å². The second kappa shape index (κ2) is 12.0. The van der Waals surface area contributed by atoms with Crippen molar-refractivity contribution < 1.29 is 14.9 Å². The quantitative estimate of drug-likeness (QED) is 0.199. The van der Waals surface area contributed by atoms with E-state index in [2.05, 4.69) is 25.2 Å². The lowest BCUT2D eigenvalue weighted by atomic mass is 9.86. The number of aromatic nitrogens is 3. The molecule has 10 nitrogen and oxygen atoms in total. The standard InChI is InChI=1S/C29H34N8O2S/c1-36(2)9-10-37(16-18-5-4-8-32-15-18)29(38)19-6-7-21-25(12-19)40-28-26(21)27(33-17-34-28)35-23-11-20(14-30)22(31)13-24(23)39-3/h4-5,8,11,13-15,17,19,30H,6-7,9-10,12,16,31H2,1-3H3,(H,33,34,35)/p+1/t19-/m0/s1. The number of pyridine rings is 1. The zero-order chi connectivity index (χ0) is 28.2. The molecular weight excluding hydrogens is 524 g/mol. The molecule has 3 heterocycles. The van der Waals surface area contributed by atoms with Crippen LogP contribution in [0.1, 0.15) is 28.0 Å². The molecule has 1 atom stereocenters. The number of nitrogen functional groups attached to an aromatic ring is 1. The number of nitrogens with two attached hydrogens (primary N) is 2. The van der Waals surface area contributed by atoms with Crippen LogP contribution < -0.4 is 21.2 Å². The lowest BCUT2D eigenvalue weighted by molar-refractivity contribution is -0.136. The van der Waals surface area contributed by atoms with Gasteiger partial charge in [-0.25, -0.2) is 9.97 Å². The van der Waals surface area contributed by atoms with Crippen LogP contribution in [0.5, 0.6) is 5.75 Å². The Morgan fingerprint density at radius 3 is 2.88 bits per heavy atom. The van der Waals surface area contributed by atoms with E-state index in [1.807, 2.05) is 43.4 Å². The molecule has 11 heteroatoms. The molecule has 0 aliphatic heterocycles. The van der Waals surface area contributed by atoms with Gasteiger partial charge in [-0.15, -0.1) is 11.3 Å². The molecule has 0 radical (unpaired) electrons. The predicted molar refractivity (Wildman–Crippen MR) is 159 cm³/mol. The van der Waals surface area contributed by atoms with E-state index in [1.54, 1.807) is 37.0 Å². The number of benzene rings is 1. The first kappa shape index (κ1) is 27.5. The van der Waals surface area contributed by atoms with Crippen molar-refractivity contribution in [1.29, 1.82) is 0 Å². The van der Waals surface area contributed by atoms with Crippen LogP contribution >= 0.6 is 11.3 Å². The molecule has 0 fully saturated rings. The summed E-state index contributed by atoms with van der Waals surface area (Å²) in [5.74, 6) is 1.40. The van der Waals surface area contributed by atoms with Gasteiger partial charge in [0.05, 0.1) is 23.7 Å². The van der Waals surface area contributed by atoms with Gasteiger partial charge in [-0.1, -0.05) is 6.07 Å². The Morgan fingerprint density at radius 2 is 2.15 bits per heavy atom. The lowest BCUT2D eigenvalue weighted by Crippen LogP contribution is -2.41. The number of fused-ring (bicyclic) bond motifs is 3. The van der Waals surface area contributed by atoms with Crippen LogP contribution in [0.25, 0.3) is 10.2 Å². The number of methoxy groups -OCH3 is 1. The molecule has 0 unspecified atom stereocenters. The maximum atomic E-state index is 13.8. The normalized spacial score (nSPS) is 14.7. The van der Waals surface area contributed by atoms with Gasteiger partial charge in [-0.2, -0.15) is 0 Å². The molecule has 40 heavy (non-hydrogen) atoms. The molecule has 1 aliphatic rings. The summed E-state index contributed by atoms with van der Waals surface area (Å²) in [7, 11) is 5.65. The van der Waals surface area contributed by atoms with Gasteiger partial charge in [0.15, 0.2) is 6.21 Å². The minimum atomic E-state index is -0.0800. The Morgan fingerprint density at radius 1 is 1.30 bits per heavy atom. The van der Waals surface area contributed by atoms with E-state index in [4.69, 9.17) is 15.9 Å². The first-order valence-electron chi connectivity index (χ1n) is 13.2. The van der Waals surface area contributed by atoms with Gasteiger partial charge in [-0.05, 0) is 56.6 Å². The van der Waals surface area contributed by atoms with E-state index < -0.39 is 0 Å². The van der Waals surface area contributed by atoms with Gasteiger partial charge in [0.25, 0.3) is 0 Å². The number of hydrogen-bond donors (Lipinski definition) is 3. The summed E-state index contributed by atoms with van der Waals surface area (Å²) < 4.78 is 5.56. The average molecular weight is 560 g/mol. The molecule has 0 saturated heterocycles. The van der Waals surface area contributed by atoms with Crippen molar-refractivity contribution in [2.24, 2.45) is 5.92 Å². The Hall–Kier alpha value is -4.09. The van der Waals surface area contributed by atoms with Gasteiger partial charge in [0, 0.05) is 54.6 Å². The number of nitrogens with zero attached hydrogens (tertiary/aromatic N) is 5. The van der Waals surface area contributed by atoms with Crippen molar-refractivity contribution in [1.82, 2.24) is 24.8 Å². The molecular formula is C29H35N8O2S+. The largest absolute Gasteiger partial charge is 0.494 e. The van der Waals surface area contributed by atoms with E-state index in [9.17, 15) is 4.79 Å². The molecule has 0 bridgehead atoms.